The van der Waals surface area contributed by atoms with Crippen LogP contribution >= 0.6 is 15.9 Å². The van der Waals surface area contributed by atoms with E-state index in [-0.39, 0.29) is 37.3 Å². The lowest BCUT2D eigenvalue weighted by Gasteiger charge is -2.38. The molecule has 0 spiro atoms. The lowest BCUT2D eigenvalue weighted by Crippen LogP contribution is -2.43. The van der Waals surface area contributed by atoms with Crippen LogP contribution in [0.2, 0.25) is 0 Å². The monoisotopic (exact) mass is 416 g/mol. The summed E-state index contributed by atoms with van der Waals surface area (Å²) in [6.45, 7) is 0.942. The molecule has 3 atom stereocenters. The van der Waals surface area contributed by atoms with E-state index in [1.807, 2.05) is 47.4 Å². The number of anilines is 1. The minimum Gasteiger partial charge on any atom is -0.445 e. The Hall–Kier alpha value is -2.05. The molecule has 2 heterocycles. The zero-order chi connectivity index (χ0) is 18.1. The van der Waals surface area contributed by atoms with E-state index in [0.717, 1.165) is 27.7 Å². The summed E-state index contributed by atoms with van der Waals surface area (Å²) in [6, 6.07) is 15.6. The van der Waals surface area contributed by atoms with Gasteiger partial charge >= 0.3 is 6.09 Å². The van der Waals surface area contributed by atoms with E-state index in [0.29, 0.717) is 6.54 Å². The third kappa shape index (κ3) is 3.19. The summed E-state index contributed by atoms with van der Waals surface area (Å²) >= 11 is 3.53. The molecule has 136 valence electrons. The van der Waals surface area contributed by atoms with Gasteiger partial charge in [-0.05, 0) is 35.7 Å². The van der Waals surface area contributed by atoms with Crippen LogP contribution in [0.25, 0.3) is 0 Å². The number of halogens is 1. The molecule has 5 nitrogen and oxygen atoms in total. The lowest BCUT2D eigenvalue weighted by molar-refractivity contribution is 0.0845. The summed E-state index contributed by atoms with van der Waals surface area (Å²) in [5, 5.41) is 13.2. The predicted octanol–water partition coefficient (Wildman–Crippen LogP) is 3.94. The van der Waals surface area contributed by atoms with Crippen molar-refractivity contribution >= 4 is 27.7 Å². The molecule has 4 rings (SSSR count). The summed E-state index contributed by atoms with van der Waals surface area (Å²) in [7, 11) is 0. The number of hydrogen-bond acceptors (Lipinski definition) is 4. The highest BCUT2D eigenvalue weighted by atomic mass is 79.9. The van der Waals surface area contributed by atoms with E-state index < -0.39 is 0 Å². The van der Waals surface area contributed by atoms with Gasteiger partial charge in [-0.1, -0.05) is 46.3 Å². The van der Waals surface area contributed by atoms with E-state index in [9.17, 15) is 9.90 Å². The number of benzene rings is 2. The summed E-state index contributed by atoms with van der Waals surface area (Å²) < 4.78 is 6.54. The van der Waals surface area contributed by atoms with Crippen molar-refractivity contribution < 1.29 is 14.6 Å². The number of amides is 1. The van der Waals surface area contributed by atoms with Gasteiger partial charge in [0.1, 0.15) is 6.61 Å². The quantitative estimate of drug-likeness (QED) is 0.795. The topological polar surface area (TPSA) is 61.8 Å². The van der Waals surface area contributed by atoms with Crippen molar-refractivity contribution in [3.8, 4) is 0 Å². The molecule has 0 radical (unpaired) electrons. The Balaban J connectivity index is 1.57. The molecule has 1 amide bonds. The fourth-order valence-corrected chi connectivity index (χ4v) is 4.42. The van der Waals surface area contributed by atoms with Gasteiger partial charge in [-0.3, -0.25) is 0 Å². The van der Waals surface area contributed by atoms with Gasteiger partial charge in [0, 0.05) is 22.6 Å². The van der Waals surface area contributed by atoms with E-state index >= 15 is 0 Å². The highest BCUT2D eigenvalue weighted by molar-refractivity contribution is 9.10. The van der Waals surface area contributed by atoms with Gasteiger partial charge in [0.2, 0.25) is 0 Å². The fourth-order valence-electron chi connectivity index (χ4n) is 4.04. The van der Waals surface area contributed by atoms with Gasteiger partial charge in [-0.15, -0.1) is 0 Å². The van der Waals surface area contributed by atoms with Crippen LogP contribution in [0.15, 0.2) is 53.0 Å². The van der Waals surface area contributed by atoms with Crippen molar-refractivity contribution in [3.05, 3.63) is 64.1 Å². The van der Waals surface area contributed by atoms with Crippen LogP contribution in [0.4, 0.5) is 10.5 Å². The maximum Gasteiger partial charge on any atom is 0.410 e. The van der Waals surface area contributed by atoms with Crippen LogP contribution in [0.1, 0.15) is 23.6 Å². The van der Waals surface area contributed by atoms with Gasteiger partial charge < -0.3 is 20.1 Å². The summed E-state index contributed by atoms with van der Waals surface area (Å²) in [5.41, 5.74) is 3.01. The standard InChI is InChI=1S/C20H21BrN2O3/c21-14-6-7-17-16(10-14)19-15(18(11-24)22-17)8-9-23(19)20(25)26-12-13-4-2-1-3-5-13/h1-7,10,15,18-19,22,24H,8-9,11-12H2. The normalized spacial score (nSPS) is 23.8. The maximum absolute atomic E-state index is 12.8. The Morgan fingerprint density at radius 3 is 2.85 bits per heavy atom. The average molecular weight is 417 g/mol. The molecule has 2 aromatic rings. The first-order valence-corrected chi connectivity index (χ1v) is 9.61. The van der Waals surface area contributed by atoms with E-state index in [1.54, 1.807) is 0 Å². The second-order valence-electron chi connectivity index (χ2n) is 6.80. The number of likely N-dealkylation sites (tertiary alicyclic amines) is 1. The molecule has 2 N–H and O–H groups in total. The fraction of sp³-hybridized carbons (Fsp3) is 0.350. The number of aliphatic hydroxyl groups excluding tert-OH is 1. The SMILES string of the molecule is O=C(OCc1ccccc1)N1CCC2C(CO)Nc3ccc(Br)cc3C21. The number of carbonyl (C=O) groups is 1. The van der Waals surface area contributed by atoms with Gasteiger partial charge in [-0.25, -0.2) is 4.79 Å². The number of aliphatic hydroxyl groups is 1. The summed E-state index contributed by atoms with van der Waals surface area (Å²) in [4.78, 5) is 14.6. The zero-order valence-electron chi connectivity index (χ0n) is 14.3. The molecule has 0 aromatic heterocycles. The van der Waals surface area contributed by atoms with Crippen molar-refractivity contribution in [3.63, 3.8) is 0 Å². The Kier molecular flexibility index (Phi) is 4.87. The molecule has 0 aliphatic carbocycles. The molecule has 2 aromatic carbocycles. The minimum atomic E-state index is -0.300. The van der Waals surface area contributed by atoms with Crippen LogP contribution in [0, 0.1) is 5.92 Å². The number of hydrogen-bond donors (Lipinski definition) is 2. The Morgan fingerprint density at radius 2 is 2.08 bits per heavy atom. The first-order valence-electron chi connectivity index (χ1n) is 8.81. The molecule has 2 aliphatic rings. The van der Waals surface area contributed by atoms with Crippen LogP contribution in [0.3, 0.4) is 0 Å². The molecule has 0 saturated carbocycles. The van der Waals surface area contributed by atoms with Crippen molar-refractivity contribution in [2.24, 2.45) is 5.92 Å². The van der Waals surface area contributed by atoms with E-state index in [4.69, 9.17) is 4.74 Å². The van der Waals surface area contributed by atoms with Crippen LogP contribution < -0.4 is 5.32 Å². The third-order valence-corrected chi connectivity index (χ3v) is 5.76. The molecule has 1 saturated heterocycles. The van der Waals surface area contributed by atoms with Crippen molar-refractivity contribution in [1.82, 2.24) is 4.90 Å². The average Bonchev–Trinajstić information content (AvgIpc) is 3.12. The highest BCUT2D eigenvalue weighted by Gasteiger charge is 2.46. The van der Waals surface area contributed by atoms with Crippen LogP contribution in [-0.2, 0) is 11.3 Å². The molecule has 6 heteroatoms. The smallest absolute Gasteiger partial charge is 0.410 e. The van der Waals surface area contributed by atoms with Gasteiger partial charge in [0.25, 0.3) is 0 Å². The van der Waals surface area contributed by atoms with Crippen molar-refractivity contribution in [1.29, 1.82) is 0 Å². The van der Waals surface area contributed by atoms with Crippen LogP contribution in [-0.4, -0.2) is 35.3 Å². The maximum atomic E-state index is 12.8. The zero-order valence-corrected chi connectivity index (χ0v) is 15.9. The Morgan fingerprint density at radius 1 is 1.27 bits per heavy atom. The summed E-state index contributed by atoms with van der Waals surface area (Å²) in [6.07, 6.45) is 0.542. The Bertz CT molecular complexity index is 799. The molecule has 0 bridgehead atoms. The number of rotatable bonds is 3. The number of nitrogens with zero attached hydrogens (tertiary/aromatic N) is 1. The number of nitrogens with one attached hydrogen (secondary N) is 1. The first-order chi connectivity index (χ1) is 12.7. The molecular formula is C20H21BrN2O3. The molecule has 1 fully saturated rings. The molecular weight excluding hydrogens is 396 g/mol. The molecule has 3 unspecified atom stereocenters. The van der Waals surface area contributed by atoms with Crippen molar-refractivity contribution in [2.75, 3.05) is 18.5 Å². The number of fused-ring (bicyclic) bond motifs is 3. The van der Waals surface area contributed by atoms with Crippen molar-refractivity contribution in [2.45, 2.75) is 25.1 Å². The first kappa shape index (κ1) is 17.4. The van der Waals surface area contributed by atoms with Crippen LogP contribution in [0.5, 0.6) is 0 Å². The summed E-state index contributed by atoms with van der Waals surface area (Å²) in [5.74, 6) is 0.172. The van der Waals surface area contributed by atoms with Gasteiger partial charge in [0.15, 0.2) is 0 Å². The predicted molar refractivity (Wildman–Crippen MR) is 103 cm³/mol. The third-order valence-electron chi connectivity index (χ3n) is 5.27. The highest BCUT2D eigenvalue weighted by Crippen LogP contribution is 2.47. The second kappa shape index (κ2) is 7.29. The number of ether oxygens (including phenoxy) is 1. The second-order valence-corrected chi connectivity index (χ2v) is 7.71. The minimum absolute atomic E-state index is 0.0452. The van der Waals surface area contributed by atoms with Gasteiger partial charge in [0.05, 0.1) is 18.7 Å². The van der Waals surface area contributed by atoms with E-state index in [2.05, 4.69) is 27.3 Å². The molecule has 26 heavy (non-hydrogen) atoms. The number of carbonyl (C=O) groups excluding carboxylic acids is 1. The Labute approximate surface area is 161 Å². The lowest BCUT2D eigenvalue weighted by atomic mass is 9.83. The van der Waals surface area contributed by atoms with E-state index in [1.165, 1.54) is 0 Å². The van der Waals surface area contributed by atoms with Gasteiger partial charge in [-0.2, -0.15) is 0 Å². The largest absolute Gasteiger partial charge is 0.445 e. The molecule has 2 aliphatic heterocycles.